The third-order valence-electron chi connectivity index (χ3n) is 15.4. The number of pyridine rings is 1. The maximum absolute atomic E-state index is 7.12. The Morgan fingerprint density at radius 1 is 0.526 bits per heavy atom. The van der Waals surface area contributed by atoms with Crippen LogP contribution in [-0.4, -0.2) is 14.1 Å². The fourth-order valence-electron chi connectivity index (χ4n) is 10.8. The van der Waals surface area contributed by atoms with Gasteiger partial charge in [-0.25, -0.2) is 4.98 Å². The fourth-order valence-corrected chi connectivity index (χ4v) is 10.8. The minimum atomic E-state index is -0.271. The molecule has 0 N–H and O–H groups in total. The van der Waals surface area contributed by atoms with Crippen molar-refractivity contribution in [2.24, 2.45) is 0 Å². The average molecular weight is 1180 g/mol. The summed E-state index contributed by atoms with van der Waals surface area (Å²) in [5, 5.41) is 2.20. The Hall–Kier alpha value is -6.81. The van der Waals surface area contributed by atoms with Gasteiger partial charge in [-0.1, -0.05) is 206 Å². The van der Waals surface area contributed by atoms with Crippen molar-refractivity contribution in [1.82, 2.24) is 14.1 Å². The molecule has 0 unspecified atom stereocenters. The van der Waals surface area contributed by atoms with E-state index in [1.807, 2.05) is 12.3 Å². The molecule has 5 nitrogen and oxygen atoms in total. The number of para-hydroxylation sites is 1. The second kappa shape index (κ2) is 20.6. The average Bonchev–Trinajstić information content (AvgIpc) is 4.02. The molecule has 0 aliphatic heterocycles. The zero-order valence-corrected chi connectivity index (χ0v) is 49.1. The van der Waals surface area contributed by atoms with Crippen LogP contribution in [0.3, 0.4) is 0 Å². The topological polar surface area (TPSA) is 35.9 Å². The summed E-state index contributed by atoms with van der Waals surface area (Å²) in [6, 6.07) is 64.5. The first-order valence-electron chi connectivity index (χ1n) is 26.8. The first kappa shape index (κ1) is 54.0. The molecule has 3 aromatic heterocycles. The van der Waals surface area contributed by atoms with E-state index in [0.29, 0.717) is 11.5 Å². The van der Waals surface area contributed by atoms with Gasteiger partial charge in [0, 0.05) is 61.3 Å². The number of rotatable bonds is 12. The van der Waals surface area contributed by atoms with Gasteiger partial charge >= 0.3 is 0 Å². The number of ether oxygens (including phenoxy) is 1. The molecule has 0 bridgehead atoms. The molecule has 390 valence electrons. The predicted octanol–water partition coefficient (Wildman–Crippen LogP) is 17.6. The van der Waals surface area contributed by atoms with Gasteiger partial charge in [0.05, 0.1) is 11.4 Å². The van der Waals surface area contributed by atoms with Crippen LogP contribution in [0, 0.1) is 18.5 Å². The van der Waals surface area contributed by atoms with Crippen molar-refractivity contribution in [1.29, 1.82) is 0 Å². The van der Waals surface area contributed by atoms with Crippen LogP contribution in [0.1, 0.15) is 153 Å². The van der Waals surface area contributed by atoms with Crippen LogP contribution in [0.25, 0.3) is 50.1 Å². The third kappa shape index (κ3) is 10.3. The van der Waals surface area contributed by atoms with E-state index in [1.54, 1.807) is 0 Å². The van der Waals surface area contributed by atoms with Crippen molar-refractivity contribution in [2.45, 2.75) is 130 Å². The van der Waals surface area contributed by atoms with Gasteiger partial charge in [-0.3, -0.25) is 4.57 Å². The number of benzene rings is 7. The molecule has 10 aromatic rings. The van der Waals surface area contributed by atoms with E-state index in [9.17, 15) is 0 Å². The van der Waals surface area contributed by atoms with Gasteiger partial charge in [-0.15, -0.1) is 35.2 Å². The number of fused-ring (bicyclic) bond motifs is 3. The maximum Gasteiger partial charge on any atom is 0.267 e. The Labute approximate surface area is 466 Å². The molecule has 0 aliphatic carbocycles. The summed E-state index contributed by atoms with van der Waals surface area (Å²) in [5.74, 6) is 2.58. The Morgan fingerprint density at radius 3 is 1.75 bits per heavy atom. The van der Waals surface area contributed by atoms with Crippen molar-refractivity contribution in [3.05, 3.63) is 233 Å². The smallest absolute Gasteiger partial charge is 0.267 e. The molecular weight excluding hydrogens is 1110 g/mol. The SMILES string of the molecule is CC(C)c1cccc(C(C)C)c1-c1cc(Oc2[c-]c3c(cc2)c2ccccc2n3-c2cc(C(C)(C)c3ccccc3)ccn2)[c-]c(-n2[c-][n+](-c3cc(C(C)(C)C)cc(C(C)(C)c4ccccc4)c3)cc2C(C)(C)C)c1.[Pt]. The first-order valence-corrected chi connectivity index (χ1v) is 26.8. The maximum atomic E-state index is 7.12. The normalized spacial score (nSPS) is 12.5. The van der Waals surface area contributed by atoms with E-state index in [4.69, 9.17) is 9.72 Å². The van der Waals surface area contributed by atoms with E-state index in [0.717, 1.165) is 50.3 Å². The van der Waals surface area contributed by atoms with Crippen molar-refractivity contribution in [3.63, 3.8) is 0 Å². The van der Waals surface area contributed by atoms with E-state index in [2.05, 4.69) is 287 Å². The second-order valence-corrected chi connectivity index (χ2v) is 24.3. The molecule has 3 heterocycles. The molecule has 0 aliphatic rings. The summed E-state index contributed by atoms with van der Waals surface area (Å²) in [6.45, 7) is 32.0. The van der Waals surface area contributed by atoms with E-state index in [1.165, 1.54) is 44.5 Å². The molecular formula is C70H72N4OPt-2. The summed E-state index contributed by atoms with van der Waals surface area (Å²) in [7, 11) is 0. The molecule has 0 amide bonds. The monoisotopic (exact) mass is 1180 g/mol. The van der Waals surface area contributed by atoms with Gasteiger partial charge in [0.25, 0.3) is 6.33 Å². The zero-order valence-electron chi connectivity index (χ0n) is 46.8. The molecule has 0 fully saturated rings. The van der Waals surface area contributed by atoms with Crippen molar-refractivity contribution in [2.75, 3.05) is 0 Å². The van der Waals surface area contributed by atoms with E-state index >= 15 is 0 Å². The van der Waals surface area contributed by atoms with Gasteiger partial charge in [-0.2, -0.15) is 12.1 Å². The summed E-state index contributed by atoms with van der Waals surface area (Å²) in [6.07, 6.45) is 8.07. The largest absolute Gasteiger partial charge is 0.510 e. The molecule has 10 rings (SSSR count). The molecule has 76 heavy (non-hydrogen) atoms. The number of aromatic nitrogens is 4. The van der Waals surface area contributed by atoms with E-state index in [-0.39, 0.29) is 54.6 Å². The van der Waals surface area contributed by atoms with Crippen LogP contribution in [-0.2, 0) is 42.7 Å². The molecule has 0 radical (unpaired) electrons. The van der Waals surface area contributed by atoms with Crippen molar-refractivity contribution >= 4 is 21.8 Å². The van der Waals surface area contributed by atoms with E-state index < -0.39 is 0 Å². The summed E-state index contributed by atoms with van der Waals surface area (Å²) < 4.78 is 13.7. The van der Waals surface area contributed by atoms with Crippen molar-refractivity contribution in [3.8, 4) is 39.8 Å². The first-order chi connectivity index (χ1) is 35.6. The summed E-state index contributed by atoms with van der Waals surface area (Å²) in [4.78, 5) is 5.02. The molecule has 7 aromatic carbocycles. The fraction of sp³-hybridized carbons (Fsp3) is 0.286. The number of hydrogen-bond acceptors (Lipinski definition) is 2. The van der Waals surface area contributed by atoms with Gasteiger partial charge in [0.2, 0.25) is 0 Å². The quantitative estimate of drug-likeness (QED) is 0.0903. The van der Waals surface area contributed by atoms with Crippen LogP contribution >= 0.6 is 0 Å². The van der Waals surface area contributed by atoms with Crippen LogP contribution in [0.4, 0.5) is 0 Å². The van der Waals surface area contributed by atoms with Gasteiger partial charge in [-0.05, 0) is 109 Å². The molecule has 0 spiro atoms. The van der Waals surface area contributed by atoms with Crippen LogP contribution in [0.2, 0.25) is 0 Å². The van der Waals surface area contributed by atoms with Crippen LogP contribution < -0.4 is 9.30 Å². The van der Waals surface area contributed by atoms with Crippen LogP contribution in [0.5, 0.6) is 11.5 Å². The van der Waals surface area contributed by atoms with Gasteiger partial charge in [0.15, 0.2) is 0 Å². The predicted molar refractivity (Wildman–Crippen MR) is 311 cm³/mol. The molecule has 0 atom stereocenters. The Bertz CT molecular complexity index is 3690. The van der Waals surface area contributed by atoms with Crippen LogP contribution in [0.15, 0.2) is 170 Å². The van der Waals surface area contributed by atoms with Gasteiger partial charge in [0.1, 0.15) is 5.82 Å². The second-order valence-electron chi connectivity index (χ2n) is 24.3. The molecule has 0 saturated carbocycles. The van der Waals surface area contributed by atoms with Gasteiger partial charge < -0.3 is 13.9 Å². The summed E-state index contributed by atoms with van der Waals surface area (Å²) >= 11 is 0. The van der Waals surface area contributed by atoms with Crippen molar-refractivity contribution < 1.29 is 30.4 Å². The Balaban J connectivity index is 0.00000706. The molecule has 0 saturated heterocycles. The number of nitrogens with zero attached hydrogens (tertiary/aromatic N) is 4. The zero-order chi connectivity index (χ0) is 53.2. The summed E-state index contributed by atoms with van der Waals surface area (Å²) in [5.41, 5.74) is 15.2. The Morgan fingerprint density at radius 2 is 1.13 bits per heavy atom. The Kier molecular flexibility index (Phi) is 14.6. The standard InChI is InChI=1S/C70H72N4O.Pt/c1-46(2)58-29-23-30-59(47(3)4)66(58)48-36-55(73-45-72(44-64(73)68(8,9)10)54-39-52(67(5,6)7)38-53(40-54)70(13,14)50-26-19-16-20-27-50)42-57(37-48)75-56-32-33-61-60-28-21-22-31-62(60)74(63(61)43-56)65-41-51(34-35-71-65)69(11,12)49-24-17-15-18-25-49;/h15-41,44,46-47H,1-14H3;/q-2;. The minimum Gasteiger partial charge on any atom is -0.510 e. The minimum absolute atomic E-state index is 0. The molecule has 6 heteroatoms. The third-order valence-corrected chi connectivity index (χ3v) is 15.4. The number of imidazole rings is 1. The number of hydrogen-bond donors (Lipinski definition) is 0.